The number of hydrogen-bond donors (Lipinski definition) is 2. The maximum absolute atomic E-state index is 10.7. The Morgan fingerprint density at radius 3 is 2.54 bits per heavy atom. The average molecular weight is 379 g/mol. The van der Waals surface area contributed by atoms with E-state index in [0.717, 1.165) is 48.2 Å². The average Bonchev–Trinajstić information content (AvgIpc) is 3.31. The van der Waals surface area contributed by atoms with Crippen molar-refractivity contribution in [2.45, 2.75) is 0 Å². The fraction of sp³-hybridized carbons (Fsp3) is 0. The number of nitrogens with zero attached hydrogens (tertiary/aromatic N) is 1. The van der Waals surface area contributed by atoms with Crippen molar-refractivity contribution in [1.29, 1.82) is 0 Å². The lowest BCUT2D eigenvalue weighted by atomic mass is 10.0. The van der Waals surface area contributed by atoms with E-state index in [4.69, 9.17) is 0 Å². The highest BCUT2D eigenvalue weighted by molar-refractivity contribution is 7.26. The Kier molecular flexibility index (Phi) is 2.42. The van der Waals surface area contributed by atoms with Gasteiger partial charge >= 0.3 is 0 Å². The molecule has 0 spiro atoms. The molecular formula is C24H13NO2S. The van der Waals surface area contributed by atoms with E-state index >= 15 is 0 Å². The highest BCUT2D eigenvalue weighted by Gasteiger charge is 2.23. The first-order valence-electron chi connectivity index (χ1n) is 9.16. The van der Waals surface area contributed by atoms with Crippen LogP contribution in [0.4, 0.5) is 0 Å². The van der Waals surface area contributed by atoms with E-state index in [1.165, 1.54) is 10.1 Å². The van der Waals surface area contributed by atoms with Crippen molar-refractivity contribution in [3.63, 3.8) is 0 Å². The summed E-state index contributed by atoms with van der Waals surface area (Å²) in [6.45, 7) is 0. The van der Waals surface area contributed by atoms with Gasteiger partial charge in [-0.2, -0.15) is 0 Å². The third-order valence-corrected chi connectivity index (χ3v) is 7.05. The number of aromatic hydroxyl groups is 2. The molecule has 132 valence electrons. The van der Waals surface area contributed by atoms with Crippen molar-refractivity contribution < 1.29 is 10.2 Å². The maximum Gasteiger partial charge on any atom is 0.126 e. The summed E-state index contributed by atoms with van der Waals surface area (Å²) in [5, 5.41) is 27.2. The Balaban J connectivity index is 1.87. The highest BCUT2D eigenvalue weighted by Crippen LogP contribution is 2.48. The van der Waals surface area contributed by atoms with Gasteiger partial charge in [0.05, 0.1) is 26.6 Å². The van der Waals surface area contributed by atoms with Gasteiger partial charge in [0.25, 0.3) is 0 Å². The molecule has 0 saturated carbocycles. The lowest BCUT2D eigenvalue weighted by Crippen LogP contribution is -1.81. The van der Waals surface area contributed by atoms with Crippen molar-refractivity contribution in [1.82, 2.24) is 4.40 Å². The molecule has 3 nitrogen and oxygen atoms in total. The first kappa shape index (κ1) is 14.5. The molecule has 3 aromatic heterocycles. The van der Waals surface area contributed by atoms with Gasteiger partial charge in [-0.05, 0) is 53.2 Å². The van der Waals surface area contributed by atoms with Crippen LogP contribution in [-0.2, 0) is 0 Å². The fourth-order valence-electron chi connectivity index (χ4n) is 4.70. The lowest BCUT2D eigenvalue weighted by molar-refractivity contribution is 0.476. The summed E-state index contributed by atoms with van der Waals surface area (Å²) in [6, 6.07) is 22.0. The van der Waals surface area contributed by atoms with E-state index in [9.17, 15) is 10.2 Å². The van der Waals surface area contributed by atoms with Crippen LogP contribution in [0, 0.1) is 0 Å². The molecule has 0 aliphatic heterocycles. The van der Waals surface area contributed by atoms with Crippen LogP contribution in [-0.4, -0.2) is 14.6 Å². The molecule has 7 aromatic rings. The minimum absolute atomic E-state index is 0.268. The number of hydrogen-bond acceptors (Lipinski definition) is 3. The molecule has 0 saturated heterocycles. The molecule has 4 aromatic carbocycles. The van der Waals surface area contributed by atoms with Crippen LogP contribution in [0.5, 0.6) is 11.5 Å². The minimum atomic E-state index is 0.268. The molecular weight excluding hydrogens is 366 g/mol. The predicted octanol–water partition coefficient (Wildman–Crippen LogP) is 6.62. The molecule has 0 amide bonds. The van der Waals surface area contributed by atoms with E-state index in [-0.39, 0.29) is 5.75 Å². The van der Waals surface area contributed by atoms with Crippen LogP contribution >= 0.6 is 11.3 Å². The second-order valence-electron chi connectivity index (χ2n) is 7.37. The Hall–Kier alpha value is -3.50. The van der Waals surface area contributed by atoms with Gasteiger partial charge in [0.2, 0.25) is 0 Å². The monoisotopic (exact) mass is 379 g/mol. The molecule has 0 aliphatic carbocycles. The molecule has 0 fully saturated rings. The first-order valence-corrected chi connectivity index (χ1v) is 9.97. The van der Waals surface area contributed by atoms with Crippen molar-refractivity contribution in [2.75, 3.05) is 0 Å². The molecule has 0 unspecified atom stereocenters. The van der Waals surface area contributed by atoms with E-state index in [0.29, 0.717) is 5.75 Å². The van der Waals surface area contributed by atoms with Crippen molar-refractivity contribution in [3.8, 4) is 11.5 Å². The zero-order valence-corrected chi connectivity index (χ0v) is 15.4. The van der Waals surface area contributed by atoms with E-state index in [2.05, 4.69) is 40.8 Å². The normalized spacial score (nSPS) is 12.6. The quantitative estimate of drug-likeness (QED) is 0.311. The van der Waals surface area contributed by atoms with E-state index in [1.54, 1.807) is 23.5 Å². The summed E-state index contributed by atoms with van der Waals surface area (Å²) in [4.78, 5) is 0. The van der Waals surface area contributed by atoms with Gasteiger partial charge < -0.3 is 14.6 Å². The molecule has 4 heteroatoms. The van der Waals surface area contributed by atoms with Crippen LogP contribution in [0.1, 0.15) is 0 Å². The predicted molar refractivity (Wildman–Crippen MR) is 117 cm³/mol. The van der Waals surface area contributed by atoms with Gasteiger partial charge in [0.1, 0.15) is 11.5 Å². The van der Waals surface area contributed by atoms with Gasteiger partial charge in [0, 0.05) is 20.9 Å². The summed E-state index contributed by atoms with van der Waals surface area (Å²) >= 11 is 1.73. The molecule has 0 radical (unpaired) electrons. The standard InChI is InChI=1S/C24H13NO2S/c26-14-6-5-12-10-17-15-7-8-19(27)21-22(15)25(18(17)11-13(12)9-14)23-16-3-1-2-4-20(16)28-24(21)23/h1-11,26-27H. The molecule has 0 bridgehead atoms. The maximum atomic E-state index is 10.7. The zero-order chi connectivity index (χ0) is 18.6. The number of thiophene rings is 1. The lowest BCUT2D eigenvalue weighted by Gasteiger charge is -2.02. The Morgan fingerprint density at radius 2 is 1.61 bits per heavy atom. The number of benzene rings is 4. The summed E-state index contributed by atoms with van der Waals surface area (Å²) in [5.74, 6) is 0.591. The van der Waals surface area contributed by atoms with Crippen LogP contribution in [0.2, 0.25) is 0 Å². The molecule has 28 heavy (non-hydrogen) atoms. The summed E-state index contributed by atoms with van der Waals surface area (Å²) in [5.41, 5.74) is 3.32. The topological polar surface area (TPSA) is 44.9 Å². The first-order chi connectivity index (χ1) is 13.7. The third kappa shape index (κ3) is 1.57. The molecule has 7 rings (SSSR count). The number of fused-ring (bicyclic) bond motifs is 9. The van der Waals surface area contributed by atoms with Gasteiger partial charge in [-0.1, -0.05) is 24.3 Å². The van der Waals surface area contributed by atoms with Crippen LogP contribution in [0.3, 0.4) is 0 Å². The van der Waals surface area contributed by atoms with Gasteiger partial charge in [-0.25, -0.2) is 0 Å². The largest absolute Gasteiger partial charge is 0.508 e. The van der Waals surface area contributed by atoms with Gasteiger partial charge in [0.15, 0.2) is 0 Å². The number of rotatable bonds is 0. The smallest absolute Gasteiger partial charge is 0.126 e. The Bertz CT molecular complexity index is 1740. The summed E-state index contributed by atoms with van der Waals surface area (Å²) < 4.78 is 4.63. The second-order valence-corrected chi connectivity index (χ2v) is 8.42. The van der Waals surface area contributed by atoms with Crippen molar-refractivity contribution >= 4 is 69.6 Å². The zero-order valence-electron chi connectivity index (χ0n) is 14.6. The second kappa shape index (κ2) is 4.66. The van der Waals surface area contributed by atoms with Crippen LogP contribution in [0.15, 0.2) is 66.7 Å². The van der Waals surface area contributed by atoms with Crippen molar-refractivity contribution in [3.05, 3.63) is 66.7 Å². The van der Waals surface area contributed by atoms with Crippen LogP contribution in [0.25, 0.3) is 58.3 Å². The fourth-order valence-corrected chi connectivity index (χ4v) is 5.95. The van der Waals surface area contributed by atoms with Gasteiger partial charge in [-0.3, -0.25) is 0 Å². The van der Waals surface area contributed by atoms with Crippen LogP contribution < -0.4 is 0 Å². The number of aromatic nitrogens is 1. The van der Waals surface area contributed by atoms with E-state index < -0.39 is 0 Å². The molecule has 2 N–H and O–H groups in total. The van der Waals surface area contributed by atoms with Crippen molar-refractivity contribution in [2.24, 2.45) is 0 Å². The molecule has 0 atom stereocenters. The molecule has 0 aliphatic rings. The number of phenols is 2. The van der Waals surface area contributed by atoms with E-state index in [1.807, 2.05) is 18.2 Å². The molecule has 3 heterocycles. The minimum Gasteiger partial charge on any atom is -0.508 e. The third-order valence-electron chi connectivity index (χ3n) is 5.87. The Morgan fingerprint density at radius 1 is 0.714 bits per heavy atom. The summed E-state index contributed by atoms with van der Waals surface area (Å²) in [7, 11) is 0. The van der Waals surface area contributed by atoms with Gasteiger partial charge in [-0.15, -0.1) is 11.3 Å². The summed E-state index contributed by atoms with van der Waals surface area (Å²) in [6.07, 6.45) is 0. The SMILES string of the molecule is Oc1ccc2cc3c4ccc(O)c5c6sc7ccccc7c6n(c3cc2c1)c45. The Labute approximate surface area is 162 Å². The highest BCUT2D eigenvalue weighted by atomic mass is 32.1. The number of phenolic OH excluding ortho intramolecular Hbond substituents is 2.